The normalized spacial score (nSPS) is 18.5. The van der Waals surface area contributed by atoms with Crippen molar-refractivity contribution in [3.05, 3.63) is 0 Å². The van der Waals surface area contributed by atoms with Gasteiger partial charge < -0.3 is 16.0 Å². The van der Waals surface area contributed by atoms with Crippen molar-refractivity contribution in [2.75, 3.05) is 39.8 Å². The summed E-state index contributed by atoms with van der Waals surface area (Å²) in [5.41, 5.74) is 4.65. The van der Waals surface area contributed by atoms with Crippen LogP contribution in [0.1, 0.15) is 20.3 Å². The number of hydrogen-bond acceptors (Lipinski definition) is 4. The third-order valence-electron chi connectivity index (χ3n) is 3.41. The van der Waals surface area contributed by atoms with Crippen molar-refractivity contribution in [3.63, 3.8) is 0 Å². The summed E-state index contributed by atoms with van der Waals surface area (Å²) in [4.78, 5) is 27.0. The molecule has 0 aromatic carbocycles. The highest BCUT2D eigenvalue weighted by Crippen LogP contribution is 2.10. The first-order valence-electron chi connectivity index (χ1n) is 6.36. The highest BCUT2D eigenvalue weighted by atomic mass is 16.2. The molecule has 6 nitrogen and oxygen atoms in total. The van der Waals surface area contributed by atoms with Crippen LogP contribution in [0.5, 0.6) is 0 Å². The Morgan fingerprint density at radius 1 is 1.22 bits per heavy atom. The molecule has 0 aliphatic carbocycles. The fourth-order valence-corrected chi connectivity index (χ4v) is 2.05. The lowest BCUT2D eigenvalue weighted by molar-refractivity contribution is -0.136. The van der Waals surface area contributed by atoms with E-state index in [4.69, 9.17) is 5.73 Å². The molecule has 18 heavy (non-hydrogen) atoms. The number of nitrogens with two attached hydrogens (primary N) is 1. The molecular formula is C12H24N4O2. The third-order valence-corrected chi connectivity index (χ3v) is 3.41. The molecule has 0 spiro atoms. The van der Waals surface area contributed by atoms with Crippen LogP contribution in [0.4, 0.5) is 0 Å². The Balaban J connectivity index is 2.56. The third kappa shape index (κ3) is 3.96. The zero-order valence-electron chi connectivity index (χ0n) is 11.5. The molecule has 0 saturated carbocycles. The molecule has 0 radical (unpaired) electrons. The van der Waals surface area contributed by atoms with Crippen molar-refractivity contribution >= 4 is 11.8 Å². The molecule has 0 atom stereocenters. The molecule has 1 aliphatic rings. The Kier molecular flexibility index (Phi) is 5.10. The number of carbonyl (C=O) groups excluding carboxylic acids is 2. The van der Waals surface area contributed by atoms with E-state index in [-0.39, 0.29) is 18.4 Å². The number of nitrogens with zero attached hydrogens (tertiary/aromatic N) is 2. The Labute approximate surface area is 108 Å². The fourth-order valence-electron chi connectivity index (χ4n) is 2.05. The van der Waals surface area contributed by atoms with E-state index in [1.807, 2.05) is 23.6 Å². The molecule has 0 unspecified atom stereocenters. The summed E-state index contributed by atoms with van der Waals surface area (Å²) in [6.07, 6.45) is 0.874. The minimum atomic E-state index is -0.543. The highest BCUT2D eigenvalue weighted by Gasteiger charge is 2.31. The molecule has 0 aromatic heterocycles. The summed E-state index contributed by atoms with van der Waals surface area (Å²) in [7, 11) is 1.79. The number of nitrogens with one attached hydrogen (secondary N) is 1. The van der Waals surface area contributed by atoms with Gasteiger partial charge in [-0.3, -0.25) is 14.5 Å². The molecule has 1 saturated heterocycles. The lowest BCUT2D eigenvalue weighted by atomic mass is 10.0. The van der Waals surface area contributed by atoms with Gasteiger partial charge in [-0.2, -0.15) is 0 Å². The molecule has 0 aromatic rings. The number of amides is 2. The van der Waals surface area contributed by atoms with Crippen molar-refractivity contribution in [2.45, 2.75) is 25.8 Å². The van der Waals surface area contributed by atoms with Gasteiger partial charge >= 0.3 is 0 Å². The van der Waals surface area contributed by atoms with Gasteiger partial charge in [0.25, 0.3) is 0 Å². The smallest absolute Gasteiger partial charge is 0.242 e. The van der Waals surface area contributed by atoms with Gasteiger partial charge in [-0.05, 0) is 27.3 Å². The van der Waals surface area contributed by atoms with Crippen molar-refractivity contribution in [1.82, 2.24) is 15.1 Å². The fraction of sp³-hybridized carbons (Fsp3) is 0.833. The van der Waals surface area contributed by atoms with E-state index in [1.54, 1.807) is 7.05 Å². The summed E-state index contributed by atoms with van der Waals surface area (Å²) in [6, 6.07) is 0. The molecule has 6 heteroatoms. The van der Waals surface area contributed by atoms with Crippen LogP contribution in [0.2, 0.25) is 0 Å². The Hall–Kier alpha value is -1.14. The SMILES string of the molecule is CNC(C)(C)C(=O)N1CCCN(CC(N)=O)CC1. The van der Waals surface area contributed by atoms with E-state index in [0.29, 0.717) is 13.1 Å². The van der Waals surface area contributed by atoms with E-state index >= 15 is 0 Å². The van der Waals surface area contributed by atoms with Gasteiger partial charge in [-0.25, -0.2) is 0 Å². The van der Waals surface area contributed by atoms with E-state index in [1.165, 1.54) is 0 Å². The van der Waals surface area contributed by atoms with Gasteiger partial charge in [0, 0.05) is 26.2 Å². The molecule has 1 heterocycles. The molecule has 1 fully saturated rings. The highest BCUT2D eigenvalue weighted by molar-refractivity contribution is 5.85. The van der Waals surface area contributed by atoms with Crippen LogP contribution in [0, 0.1) is 0 Å². The van der Waals surface area contributed by atoms with Crippen LogP contribution >= 0.6 is 0 Å². The van der Waals surface area contributed by atoms with Crippen molar-refractivity contribution < 1.29 is 9.59 Å². The minimum Gasteiger partial charge on any atom is -0.369 e. The first kappa shape index (κ1) is 14.9. The second-order valence-corrected chi connectivity index (χ2v) is 5.26. The quantitative estimate of drug-likeness (QED) is 0.676. The average Bonchev–Trinajstić information content (AvgIpc) is 2.53. The summed E-state index contributed by atoms with van der Waals surface area (Å²) < 4.78 is 0. The summed E-state index contributed by atoms with van der Waals surface area (Å²) in [5.74, 6) is -0.212. The number of hydrogen-bond donors (Lipinski definition) is 2. The first-order chi connectivity index (χ1) is 8.36. The first-order valence-corrected chi connectivity index (χ1v) is 6.36. The number of carbonyl (C=O) groups is 2. The van der Waals surface area contributed by atoms with Gasteiger partial charge in [0.2, 0.25) is 11.8 Å². The minimum absolute atomic E-state index is 0.103. The molecule has 104 valence electrons. The molecule has 0 bridgehead atoms. The van der Waals surface area contributed by atoms with Gasteiger partial charge in [-0.15, -0.1) is 0 Å². The number of primary amides is 1. The Morgan fingerprint density at radius 3 is 2.44 bits per heavy atom. The second-order valence-electron chi connectivity index (χ2n) is 5.26. The zero-order valence-corrected chi connectivity index (χ0v) is 11.5. The van der Waals surface area contributed by atoms with E-state index < -0.39 is 5.54 Å². The Bertz CT molecular complexity index is 317. The maximum absolute atomic E-state index is 12.3. The topological polar surface area (TPSA) is 78.7 Å². The molecule has 1 rings (SSSR count). The standard InChI is InChI=1S/C12H24N4O2/c1-12(2,14-3)11(18)16-6-4-5-15(7-8-16)9-10(13)17/h14H,4-9H2,1-3H3,(H2,13,17). The van der Waals surface area contributed by atoms with E-state index in [2.05, 4.69) is 5.32 Å². The zero-order chi connectivity index (χ0) is 13.8. The summed E-state index contributed by atoms with van der Waals surface area (Å²) >= 11 is 0. The van der Waals surface area contributed by atoms with Crippen molar-refractivity contribution in [1.29, 1.82) is 0 Å². The van der Waals surface area contributed by atoms with Crippen molar-refractivity contribution in [3.8, 4) is 0 Å². The monoisotopic (exact) mass is 256 g/mol. The van der Waals surface area contributed by atoms with Crippen molar-refractivity contribution in [2.24, 2.45) is 5.73 Å². The lowest BCUT2D eigenvalue weighted by Gasteiger charge is -2.31. The summed E-state index contributed by atoms with van der Waals surface area (Å²) in [6.45, 7) is 6.93. The van der Waals surface area contributed by atoms with Gasteiger partial charge in [0.1, 0.15) is 0 Å². The van der Waals surface area contributed by atoms with Crippen LogP contribution in [0.3, 0.4) is 0 Å². The van der Waals surface area contributed by atoms with Crippen LogP contribution in [-0.4, -0.2) is 66.9 Å². The second kappa shape index (κ2) is 6.15. The van der Waals surface area contributed by atoms with Crippen LogP contribution in [-0.2, 0) is 9.59 Å². The maximum Gasteiger partial charge on any atom is 0.242 e. The number of rotatable bonds is 4. The Morgan fingerprint density at radius 2 is 1.89 bits per heavy atom. The van der Waals surface area contributed by atoms with Crippen LogP contribution in [0.25, 0.3) is 0 Å². The molecule has 1 aliphatic heterocycles. The van der Waals surface area contributed by atoms with Gasteiger partial charge in [0.05, 0.1) is 12.1 Å². The maximum atomic E-state index is 12.3. The summed E-state index contributed by atoms with van der Waals surface area (Å²) in [5, 5.41) is 3.02. The van der Waals surface area contributed by atoms with Crippen LogP contribution < -0.4 is 11.1 Å². The molecule has 2 amide bonds. The predicted molar refractivity (Wildman–Crippen MR) is 70.0 cm³/mol. The molecule has 3 N–H and O–H groups in total. The largest absolute Gasteiger partial charge is 0.369 e. The number of likely N-dealkylation sites (N-methyl/N-ethyl adjacent to an activating group) is 1. The molecular weight excluding hydrogens is 232 g/mol. The van der Waals surface area contributed by atoms with Gasteiger partial charge in [-0.1, -0.05) is 0 Å². The van der Waals surface area contributed by atoms with Gasteiger partial charge in [0.15, 0.2) is 0 Å². The van der Waals surface area contributed by atoms with E-state index in [0.717, 1.165) is 19.5 Å². The average molecular weight is 256 g/mol. The predicted octanol–water partition coefficient (Wildman–Crippen LogP) is -0.996. The van der Waals surface area contributed by atoms with Crippen LogP contribution in [0.15, 0.2) is 0 Å². The van der Waals surface area contributed by atoms with E-state index in [9.17, 15) is 9.59 Å². The lowest BCUT2D eigenvalue weighted by Crippen LogP contribution is -2.53.